The van der Waals surface area contributed by atoms with E-state index in [-0.39, 0.29) is 29.9 Å². The summed E-state index contributed by atoms with van der Waals surface area (Å²) in [6.45, 7) is 3.72. The number of piperidine rings is 1. The molecule has 5 heterocycles. The molecule has 2 atom stereocenters. The fourth-order valence-electron chi connectivity index (χ4n) is 9.35. The number of aromatic nitrogens is 4. The fraction of sp³-hybridized carbons (Fsp3) is 0.372. The summed E-state index contributed by atoms with van der Waals surface area (Å²) in [7, 11) is 1.45. The molecule has 2 saturated heterocycles. The number of likely N-dealkylation sites (tertiary alicyclic amines) is 1. The summed E-state index contributed by atoms with van der Waals surface area (Å²) >= 11 is 0. The third-order valence-electron chi connectivity index (χ3n) is 12.6. The van der Waals surface area contributed by atoms with Crippen molar-refractivity contribution in [1.29, 1.82) is 0 Å². The van der Waals surface area contributed by atoms with Crippen LogP contribution in [0.5, 0.6) is 11.5 Å². The molecule has 1 spiro atoms. The molecule has 14 nitrogen and oxygen atoms in total. The van der Waals surface area contributed by atoms with E-state index in [1.807, 2.05) is 60.7 Å². The summed E-state index contributed by atoms with van der Waals surface area (Å²) in [6.07, 6.45) is 7.81. The van der Waals surface area contributed by atoms with E-state index in [9.17, 15) is 19.2 Å². The molecule has 1 saturated carbocycles. The monoisotopic (exact) mass is 767 g/mol. The zero-order chi connectivity index (χ0) is 39.3. The number of fused-ring (bicyclic) bond motifs is 2. The maximum Gasteiger partial charge on any atom is 0.262 e. The fourth-order valence-corrected chi connectivity index (χ4v) is 9.35. The Balaban J connectivity index is 0.832. The van der Waals surface area contributed by atoms with Crippen LogP contribution in [0.2, 0.25) is 0 Å². The molecule has 3 amide bonds. The second kappa shape index (κ2) is 14.7. The van der Waals surface area contributed by atoms with E-state index in [1.54, 1.807) is 12.1 Å². The van der Waals surface area contributed by atoms with Gasteiger partial charge in [-0.05, 0) is 112 Å². The first-order chi connectivity index (χ1) is 27.8. The zero-order valence-electron chi connectivity index (χ0n) is 31.8. The average molecular weight is 768 g/mol. The summed E-state index contributed by atoms with van der Waals surface area (Å²) in [5.41, 5.74) is 10.7. The van der Waals surface area contributed by atoms with Gasteiger partial charge < -0.3 is 25.5 Å². The van der Waals surface area contributed by atoms with E-state index in [0.29, 0.717) is 23.7 Å². The summed E-state index contributed by atoms with van der Waals surface area (Å²) in [6, 6.07) is 22.5. The number of hydrogen-bond acceptors (Lipinski definition) is 11. The van der Waals surface area contributed by atoms with E-state index in [2.05, 4.69) is 24.8 Å². The van der Waals surface area contributed by atoms with Gasteiger partial charge in [0.25, 0.3) is 11.8 Å². The Kier molecular flexibility index (Phi) is 9.43. The minimum absolute atomic E-state index is 0.0695. The van der Waals surface area contributed by atoms with Crippen LogP contribution in [-0.2, 0) is 9.59 Å². The van der Waals surface area contributed by atoms with Crippen molar-refractivity contribution >= 4 is 46.5 Å². The van der Waals surface area contributed by atoms with Crippen molar-refractivity contribution in [1.82, 2.24) is 34.9 Å². The van der Waals surface area contributed by atoms with Gasteiger partial charge in [0.1, 0.15) is 41.7 Å². The second-order valence-electron chi connectivity index (χ2n) is 15.8. The first-order valence-corrected chi connectivity index (χ1v) is 19.7. The minimum atomic E-state index is -1.03. The van der Waals surface area contributed by atoms with Crippen LogP contribution in [0, 0.1) is 5.41 Å². The van der Waals surface area contributed by atoms with E-state index in [0.717, 1.165) is 103 Å². The molecular weight excluding hydrogens is 723 g/mol. The Morgan fingerprint density at radius 2 is 1.68 bits per heavy atom. The van der Waals surface area contributed by atoms with E-state index in [4.69, 9.17) is 20.6 Å². The highest BCUT2D eigenvalue weighted by molar-refractivity contribution is 6.23. The van der Waals surface area contributed by atoms with Gasteiger partial charge in [-0.2, -0.15) is 5.10 Å². The van der Waals surface area contributed by atoms with Crippen molar-refractivity contribution in [2.24, 2.45) is 5.41 Å². The Morgan fingerprint density at radius 3 is 2.42 bits per heavy atom. The second-order valence-corrected chi connectivity index (χ2v) is 15.8. The number of aldehydes is 1. The Bertz CT molecular complexity index is 2350. The highest BCUT2D eigenvalue weighted by Crippen LogP contribution is 2.52. The summed E-state index contributed by atoms with van der Waals surface area (Å²) in [4.78, 5) is 65.2. The lowest BCUT2D eigenvalue weighted by Crippen LogP contribution is -2.61. The molecule has 2 aromatic heterocycles. The Hall–Kier alpha value is -6.15. The number of likely N-dealkylation sites (N-methyl/N-ethyl adjacent to an activating group) is 1. The maximum atomic E-state index is 13.5. The number of nitrogens with zero attached hydrogens (tertiary/aromatic N) is 7. The molecule has 5 aromatic rings. The van der Waals surface area contributed by atoms with Crippen molar-refractivity contribution in [2.45, 2.75) is 63.1 Å². The van der Waals surface area contributed by atoms with Crippen LogP contribution in [0.3, 0.4) is 0 Å². The van der Waals surface area contributed by atoms with Gasteiger partial charge in [0.05, 0.1) is 22.6 Å². The van der Waals surface area contributed by atoms with E-state index >= 15 is 0 Å². The summed E-state index contributed by atoms with van der Waals surface area (Å²) < 4.78 is 8.11. The number of benzene rings is 3. The van der Waals surface area contributed by atoms with E-state index < -0.39 is 23.8 Å². The van der Waals surface area contributed by atoms with Crippen LogP contribution < -0.4 is 20.7 Å². The number of nitrogens with one attached hydrogen (secondary N) is 1. The number of amides is 3. The molecule has 3 aromatic carbocycles. The number of carbonyl (C=O) groups excluding carboxylic acids is 4. The van der Waals surface area contributed by atoms with Gasteiger partial charge >= 0.3 is 0 Å². The normalized spacial score (nSPS) is 19.8. The number of para-hydroxylation sites is 1. The number of nitrogen functional groups attached to an aromatic ring is 1. The highest BCUT2D eigenvalue weighted by Gasteiger charge is 2.46. The molecule has 57 heavy (non-hydrogen) atoms. The maximum absolute atomic E-state index is 13.5. The number of carbonyl (C=O) groups is 4. The third kappa shape index (κ3) is 6.57. The molecule has 3 N–H and O–H groups in total. The predicted molar refractivity (Wildman–Crippen MR) is 214 cm³/mol. The Morgan fingerprint density at radius 1 is 0.947 bits per heavy atom. The lowest BCUT2D eigenvalue weighted by molar-refractivity contribution is -0.124. The molecule has 14 heteroatoms. The van der Waals surface area contributed by atoms with Gasteiger partial charge in [-0.25, -0.2) is 14.6 Å². The van der Waals surface area contributed by atoms with Crippen LogP contribution in [0.15, 0.2) is 79.1 Å². The van der Waals surface area contributed by atoms with Crippen molar-refractivity contribution in [3.63, 3.8) is 0 Å². The van der Waals surface area contributed by atoms with Gasteiger partial charge in [0.15, 0.2) is 5.65 Å². The van der Waals surface area contributed by atoms with Gasteiger partial charge in [0, 0.05) is 43.9 Å². The minimum Gasteiger partial charge on any atom is -0.457 e. The molecule has 3 aliphatic heterocycles. The number of rotatable bonds is 11. The molecule has 9 rings (SSSR count). The van der Waals surface area contributed by atoms with Gasteiger partial charge in [-0.15, -0.1) is 0 Å². The highest BCUT2D eigenvalue weighted by atomic mass is 16.5. The zero-order valence-corrected chi connectivity index (χ0v) is 31.8. The molecule has 3 fully saturated rings. The van der Waals surface area contributed by atoms with Crippen LogP contribution in [-0.4, -0.2) is 98.9 Å². The molecule has 4 aliphatic rings. The van der Waals surface area contributed by atoms with Gasteiger partial charge in [-0.1, -0.05) is 18.2 Å². The third-order valence-corrected chi connectivity index (χ3v) is 12.6. The smallest absolute Gasteiger partial charge is 0.262 e. The van der Waals surface area contributed by atoms with Crippen molar-refractivity contribution in [2.75, 3.05) is 43.9 Å². The van der Waals surface area contributed by atoms with Gasteiger partial charge in [-0.3, -0.25) is 24.2 Å². The van der Waals surface area contributed by atoms with Gasteiger partial charge in [0.2, 0.25) is 5.91 Å². The van der Waals surface area contributed by atoms with Crippen molar-refractivity contribution in [3.8, 4) is 22.8 Å². The first-order valence-electron chi connectivity index (χ1n) is 19.7. The number of ether oxygens (including phenoxy) is 1. The standard InChI is InChI=1S/C43H45N9O5/c1-45-40(54)35(8-5-21-53)51-41(55)33-14-11-28(22-34(33)42(51)56)50-24-30(25-50)49-19-17-43(18-20-49)16-15-29(23-43)52-39-36(38(44)46-26-47-39)37(48-52)27-9-12-32(13-10-27)57-31-6-3-2-4-7-31/h2-4,6-7,9-14,21-22,26,29-30,35H,5,8,15-20,23-25H2,1H3,(H,45,54)(H2,44,46,47). The van der Waals surface area contributed by atoms with Crippen LogP contribution in [0.4, 0.5) is 11.5 Å². The number of hydrogen-bond donors (Lipinski definition) is 2. The Labute approximate surface area is 330 Å². The van der Waals surface area contributed by atoms with Crippen LogP contribution >= 0.6 is 0 Å². The largest absolute Gasteiger partial charge is 0.457 e. The van der Waals surface area contributed by atoms with Crippen LogP contribution in [0.25, 0.3) is 22.3 Å². The molecule has 0 bridgehead atoms. The lowest BCUT2D eigenvalue weighted by atomic mass is 9.76. The van der Waals surface area contributed by atoms with Crippen molar-refractivity contribution in [3.05, 3.63) is 90.3 Å². The van der Waals surface area contributed by atoms with Crippen LogP contribution in [0.1, 0.15) is 71.7 Å². The molecule has 0 radical (unpaired) electrons. The van der Waals surface area contributed by atoms with E-state index in [1.165, 1.54) is 13.4 Å². The predicted octanol–water partition coefficient (Wildman–Crippen LogP) is 5.25. The average Bonchev–Trinajstić information content (AvgIpc) is 3.88. The van der Waals surface area contributed by atoms with Crippen molar-refractivity contribution < 1.29 is 23.9 Å². The SMILES string of the molecule is CNC(=O)C(CCC=O)N1C(=O)c2ccc(N3CC(N4CCC5(CCC(n6nc(-c7ccc(Oc8ccccc8)cc7)c7c(N)ncnc76)C5)CC4)C3)cc2C1=O. The summed E-state index contributed by atoms with van der Waals surface area (Å²) in [5, 5.41) is 8.46. The molecule has 292 valence electrons. The number of imide groups is 1. The quantitative estimate of drug-likeness (QED) is 0.133. The number of anilines is 2. The first kappa shape index (κ1) is 36.5. The molecule has 1 aliphatic carbocycles. The number of nitrogens with two attached hydrogens (primary N) is 1. The molecular formula is C43H45N9O5. The molecule has 2 unspecified atom stereocenters. The topological polar surface area (TPSA) is 169 Å². The summed E-state index contributed by atoms with van der Waals surface area (Å²) in [5.74, 6) is 0.469. The lowest BCUT2D eigenvalue weighted by Gasteiger charge is -2.50.